The van der Waals surface area contributed by atoms with Crippen molar-refractivity contribution in [3.8, 4) is 0 Å². The first kappa shape index (κ1) is 31.5. The van der Waals surface area contributed by atoms with Crippen molar-refractivity contribution in [3.05, 3.63) is 0 Å². The van der Waals surface area contributed by atoms with E-state index in [1.807, 2.05) is 0 Å². The van der Waals surface area contributed by atoms with Gasteiger partial charge in [0.2, 0.25) is 0 Å². The van der Waals surface area contributed by atoms with E-state index in [0.29, 0.717) is 0 Å². The molecule has 0 heterocycles. The lowest BCUT2D eigenvalue weighted by Crippen LogP contribution is -2.33. The number of ether oxygens (including phenoxy) is 1. The van der Waals surface area contributed by atoms with Gasteiger partial charge in [0.05, 0.1) is 5.92 Å². The van der Waals surface area contributed by atoms with E-state index in [-0.39, 0.29) is 23.4 Å². The summed E-state index contributed by atoms with van der Waals surface area (Å²) in [4.78, 5) is 13.1. The van der Waals surface area contributed by atoms with Gasteiger partial charge >= 0.3 is 5.97 Å². The molecular formula is C30H60O2. The van der Waals surface area contributed by atoms with E-state index < -0.39 is 0 Å². The molecule has 2 unspecified atom stereocenters. The van der Waals surface area contributed by atoms with Crippen molar-refractivity contribution in [1.29, 1.82) is 0 Å². The fourth-order valence-electron chi connectivity index (χ4n) is 4.66. The molecule has 2 atom stereocenters. The minimum absolute atomic E-state index is 0.0191. The number of carbonyl (C=O) groups excluding carboxylic acids is 1. The van der Waals surface area contributed by atoms with Crippen molar-refractivity contribution in [2.75, 3.05) is 0 Å². The summed E-state index contributed by atoms with van der Waals surface area (Å²) in [6.45, 7) is 13.3. The number of carbonyl (C=O) groups is 1. The lowest BCUT2D eigenvalue weighted by molar-refractivity contribution is -0.159. The molecule has 0 saturated heterocycles. The van der Waals surface area contributed by atoms with E-state index in [0.717, 1.165) is 32.1 Å². The molecule has 32 heavy (non-hydrogen) atoms. The molecule has 0 spiro atoms. The Bertz CT molecular complexity index is 410. The average molecular weight is 453 g/mol. The van der Waals surface area contributed by atoms with E-state index in [1.165, 1.54) is 96.3 Å². The molecule has 2 heteroatoms. The standard InChI is InChI=1S/C30H60O2/c1-7-10-13-15-17-18-19-21-23-25-27(24-22-20-16-14-11-8-2)32-29(31)28(26-12-9-3)30(4,5)6/h27-28H,7-26H2,1-6H3. The van der Waals surface area contributed by atoms with Gasteiger partial charge in [-0.15, -0.1) is 0 Å². The van der Waals surface area contributed by atoms with Crippen molar-refractivity contribution >= 4 is 5.97 Å². The van der Waals surface area contributed by atoms with Gasteiger partial charge in [-0.3, -0.25) is 4.79 Å². The first-order valence-electron chi connectivity index (χ1n) is 14.6. The van der Waals surface area contributed by atoms with E-state index in [2.05, 4.69) is 41.5 Å². The highest BCUT2D eigenvalue weighted by Gasteiger charge is 2.33. The molecule has 0 aliphatic carbocycles. The van der Waals surface area contributed by atoms with Gasteiger partial charge in [0, 0.05) is 0 Å². The Morgan fingerprint density at radius 3 is 1.31 bits per heavy atom. The van der Waals surface area contributed by atoms with Crippen LogP contribution in [0.25, 0.3) is 0 Å². The summed E-state index contributed by atoms with van der Waals surface area (Å²) in [6.07, 6.45) is 25.4. The normalized spacial score (nSPS) is 13.8. The number of esters is 1. The number of hydrogen-bond donors (Lipinski definition) is 0. The minimum atomic E-state index is -0.0191. The van der Waals surface area contributed by atoms with Crippen LogP contribution in [0.15, 0.2) is 0 Å². The number of unbranched alkanes of at least 4 members (excludes halogenated alkanes) is 14. The molecule has 0 radical (unpaired) electrons. The summed E-state index contributed by atoms with van der Waals surface area (Å²) >= 11 is 0. The smallest absolute Gasteiger partial charge is 0.309 e. The summed E-state index contributed by atoms with van der Waals surface area (Å²) in [7, 11) is 0. The number of rotatable bonds is 22. The summed E-state index contributed by atoms with van der Waals surface area (Å²) < 4.78 is 6.20. The maximum absolute atomic E-state index is 13.1. The van der Waals surface area contributed by atoms with Crippen molar-refractivity contribution < 1.29 is 9.53 Å². The predicted molar refractivity (Wildman–Crippen MR) is 142 cm³/mol. The van der Waals surface area contributed by atoms with Crippen LogP contribution in [0.5, 0.6) is 0 Å². The molecule has 0 aromatic carbocycles. The predicted octanol–water partition coefficient (Wildman–Crippen LogP) is 10.4. The third-order valence-corrected chi connectivity index (χ3v) is 6.97. The van der Waals surface area contributed by atoms with Gasteiger partial charge in [-0.2, -0.15) is 0 Å². The van der Waals surface area contributed by atoms with E-state index in [4.69, 9.17) is 4.74 Å². The summed E-state index contributed by atoms with van der Waals surface area (Å²) in [5, 5.41) is 0. The molecule has 0 aromatic heterocycles. The second-order valence-electron chi connectivity index (χ2n) is 11.3. The van der Waals surface area contributed by atoms with Gasteiger partial charge in [0.15, 0.2) is 0 Å². The van der Waals surface area contributed by atoms with Crippen LogP contribution in [0.2, 0.25) is 0 Å². The van der Waals surface area contributed by atoms with Gasteiger partial charge in [-0.25, -0.2) is 0 Å². The van der Waals surface area contributed by atoms with Crippen LogP contribution in [-0.2, 0) is 9.53 Å². The second kappa shape index (κ2) is 21.0. The first-order chi connectivity index (χ1) is 15.4. The van der Waals surface area contributed by atoms with Crippen molar-refractivity contribution in [3.63, 3.8) is 0 Å². The van der Waals surface area contributed by atoms with Crippen LogP contribution in [0.3, 0.4) is 0 Å². The van der Waals surface area contributed by atoms with Gasteiger partial charge in [0.1, 0.15) is 6.10 Å². The lowest BCUT2D eigenvalue weighted by atomic mass is 9.78. The van der Waals surface area contributed by atoms with Crippen LogP contribution in [0.1, 0.15) is 170 Å². The highest BCUT2D eigenvalue weighted by atomic mass is 16.5. The quantitative estimate of drug-likeness (QED) is 0.121. The zero-order valence-corrected chi connectivity index (χ0v) is 23.1. The Kier molecular flexibility index (Phi) is 20.7. The van der Waals surface area contributed by atoms with Crippen LogP contribution < -0.4 is 0 Å². The topological polar surface area (TPSA) is 26.3 Å². The van der Waals surface area contributed by atoms with E-state index in [1.54, 1.807) is 0 Å². The molecule has 0 rings (SSSR count). The van der Waals surface area contributed by atoms with Gasteiger partial charge in [0.25, 0.3) is 0 Å². The molecule has 2 nitrogen and oxygen atoms in total. The highest BCUT2D eigenvalue weighted by molar-refractivity contribution is 5.73. The maximum Gasteiger partial charge on any atom is 0.309 e. The van der Waals surface area contributed by atoms with Gasteiger partial charge in [-0.1, -0.05) is 138 Å². The fraction of sp³-hybridized carbons (Fsp3) is 0.967. The molecular weight excluding hydrogens is 392 g/mol. The monoisotopic (exact) mass is 452 g/mol. The Labute approximate surface area is 203 Å². The number of hydrogen-bond acceptors (Lipinski definition) is 2. The van der Waals surface area contributed by atoms with Crippen LogP contribution in [0.4, 0.5) is 0 Å². The molecule has 0 saturated carbocycles. The maximum atomic E-state index is 13.1. The molecule has 0 aliphatic rings. The van der Waals surface area contributed by atoms with Crippen molar-refractivity contribution in [1.82, 2.24) is 0 Å². The zero-order chi connectivity index (χ0) is 24.1. The van der Waals surface area contributed by atoms with Crippen LogP contribution >= 0.6 is 0 Å². The van der Waals surface area contributed by atoms with Crippen LogP contribution in [-0.4, -0.2) is 12.1 Å². The Balaban J connectivity index is 4.49. The largest absolute Gasteiger partial charge is 0.462 e. The van der Waals surface area contributed by atoms with Crippen molar-refractivity contribution in [2.24, 2.45) is 11.3 Å². The molecule has 0 bridgehead atoms. The fourth-order valence-corrected chi connectivity index (χ4v) is 4.66. The van der Waals surface area contributed by atoms with E-state index in [9.17, 15) is 4.79 Å². The summed E-state index contributed by atoms with van der Waals surface area (Å²) in [5.74, 6) is 0.0930. The summed E-state index contributed by atoms with van der Waals surface area (Å²) in [5.41, 5.74) is -0.0191. The van der Waals surface area contributed by atoms with Gasteiger partial charge < -0.3 is 4.74 Å². The minimum Gasteiger partial charge on any atom is -0.462 e. The Hall–Kier alpha value is -0.530. The SMILES string of the molecule is CCCCCCCCCCCC(CCCCCCCC)OC(=O)C(CCCC)C(C)(C)C. The average Bonchev–Trinajstić information content (AvgIpc) is 2.74. The highest BCUT2D eigenvalue weighted by Crippen LogP contribution is 2.32. The second-order valence-corrected chi connectivity index (χ2v) is 11.3. The molecule has 0 amide bonds. The third kappa shape index (κ3) is 18.0. The Morgan fingerprint density at radius 1 is 0.562 bits per heavy atom. The first-order valence-corrected chi connectivity index (χ1v) is 14.6. The summed E-state index contributed by atoms with van der Waals surface area (Å²) in [6, 6.07) is 0. The van der Waals surface area contributed by atoms with Crippen LogP contribution in [0, 0.1) is 11.3 Å². The lowest BCUT2D eigenvalue weighted by Gasteiger charge is -2.30. The zero-order valence-electron chi connectivity index (χ0n) is 23.1. The molecule has 0 N–H and O–H groups in total. The molecule has 0 fully saturated rings. The van der Waals surface area contributed by atoms with E-state index >= 15 is 0 Å². The molecule has 192 valence electrons. The van der Waals surface area contributed by atoms with Crippen molar-refractivity contribution in [2.45, 2.75) is 176 Å². The Morgan fingerprint density at radius 2 is 0.938 bits per heavy atom. The molecule has 0 aliphatic heterocycles. The third-order valence-electron chi connectivity index (χ3n) is 6.97. The van der Waals surface area contributed by atoms with Gasteiger partial charge in [-0.05, 0) is 37.5 Å². The molecule has 0 aromatic rings.